The van der Waals surface area contributed by atoms with Crippen LogP contribution in [0.3, 0.4) is 0 Å². The summed E-state index contributed by atoms with van der Waals surface area (Å²) in [5, 5.41) is 12.5. The smallest absolute Gasteiger partial charge is 0.260 e. The van der Waals surface area contributed by atoms with Gasteiger partial charge in [-0.05, 0) is 37.6 Å². The molecule has 0 aliphatic heterocycles. The highest BCUT2D eigenvalue weighted by atomic mass is 19.1. The Kier molecular flexibility index (Phi) is 6.10. The number of pyridine rings is 3. The lowest BCUT2D eigenvalue weighted by Gasteiger charge is -2.15. The predicted octanol–water partition coefficient (Wildman–Crippen LogP) is 3.31. The van der Waals surface area contributed by atoms with Crippen LogP contribution >= 0.6 is 0 Å². The maximum absolute atomic E-state index is 14.8. The number of aromatic nitrogens is 6. The first-order valence-electron chi connectivity index (χ1n) is 11.0. The molecule has 0 saturated carbocycles. The van der Waals surface area contributed by atoms with Crippen LogP contribution in [-0.4, -0.2) is 49.6 Å². The van der Waals surface area contributed by atoms with Gasteiger partial charge in [0.05, 0.1) is 42.5 Å². The second-order valence-electron chi connectivity index (χ2n) is 8.19. The van der Waals surface area contributed by atoms with Crippen LogP contribution in [0.15, 0.2) is 52.2 Å². The standard InChI is InChI=1S/C24H23FN6O4/c1-14-8-21(35-29-14)17-10-19(25)23-28-27-22(31(23)12-17)15(2)30-5-4-20-18(24(30)32)9-16(11-26-20)13-34-7-6-33-3/h4-5,8-12,15H,6-7,13H2,1-3H3. The highest BCUT2D eigenvalue weighted by molar-refractivity contribution is 5.77. The number of fused-ring (bicyclic) bond motifs is 2. The Bertz CT molecular complexity index is 1570. The van der Waals surface area contributed by atoms with Gasteiger partial charge in [0, 0.05) is 37.3 Å². The van der Waals surface area contributed by atoms with Gasteiger partial charge in [-0.3, -0.25) is 14.2 Å². The van der Waals surface area contributed by atoms with E-state index in [1.165, 1.54) is 15.0 Å². The summed E-state index contributed by atoms with van der Waals surface area (Å²) >= 11 is 0. The molecule has 0 saturated heterocycles. The highest BCUT2D eigenvalue weighted by Crippen LogP contribution is 2.25. The lowest BCUT2D eigenvalue weighted by molar-refractivity contribution is 0.0616. The maximum atomic E-state index is 14.8. The number of hydrogen-bond acceptors (Lipinski definition) is 8. The van der Waals surface area contributed by atoms with Crippen molar-refractivity contribution in [2.45, 2.75) is 26.5 Å². The molecule has 5 aromatic heterocycles. The molecule has 5 heterocycles. The largest absolute Gasteiger partial charge is 0.382 e. The van der Waals surface area contributed by atoms with E-state index >= 15 is 0 Å². The van der Waals surface area contributed by atoms with E-state index in [-0.39, 0.29) is 11.2 Å². The van der Waals surface area contributed by atoms with E-state index in [1.54, 1.807) is 57.7 Å². The zero-order valence-corrected chi connectivity index (χ0v) is 19.4. The molecule has 0 fully saturated rings. The number of nitrogens with zero attached hydrogens (tertiary/aromatic N) is 6. The first-order chi connectivity index (χ1) is 17.0. The lowest BCUT2D eigenvalue weighted by Crippen LogP contribution is -2.25. The summed E-state index contributed by atoms with van der Waals surface area (Å²) < 4.78 is 33.7. The van der Waals surface area contributed by atoms with E-state index in [0.717, 1.165) is 5.56 Å². The summed E-state index contributed by atoms with van der Waals surface area (Å²) in [4.78, 5) is 17.8. The van der Waals surface area contributed by atoms with Gasteiger partial charge >= 0.3 is 0 Å². The van der Waals surface area contributed by atoms with Crippen molar-refractivity contribution in [3.05, 3.63) is 76.1 Å². The Morgan fingerprint density at radius 2 is 2.06 bits per heavy atom. The van der Waals surface area contributed by atoms with Crippen LogP contribution in [0.5, 0.6) is 0 Å². The van der Waals surface area contributed by atoms with Crippen LogP contribution in [0.1, 0.15) is 30.0 Å². The van der Waals surface area contributed by atoms with Gasteiger partial charge in [-0.2, -0.15) is 0 Å². The quantitative estimate of drug-likeness (QED) is 0.313. The normalized spacial score (nSPS) is 12.6. The van der Waals surface area contributed by atoms with Crippen molar-refractivity contribution in [1.29, 1.82) is 0 Å². The third kappa shape index (κ3) is 4.31. The highest BCUT2D eigenvalue weighted by Gasteiger charge is 2.21. The van der Waals surface area contributed by atoms with Gasteiger partial charge in [0.1, 0.15) is 0 Å². The van der Waals surface area contributed by atoms with Gasteiger partial charge < -0.3 is 18.6 Å². The monoisotopic (exact) mass is 478 g/mol. The molecular weight excluding hydrogens is 455 g/mol. The van der Waals surface area contributed by atoms with Crippen LogP contribution < -0.4 is 5.56 Å². The molecule has 180 valence electrons. The zero-order chi connectivity index (χ0) is 24.5. The molecule has 11 heteroatoms. The fourth-order valence-corrected chi connectivity index (χ4v) is 3.91. The second kappa shape index (κ2) is 9.35. The summed E-state index contributed by atoms with van der Waals surface area (Å²) in [6.45, 7) is 4.82. The molecule has 0 aliphatic carbocycles. The second-order valence-corrected chi connectivity index (χ2v) is 8.19. The van der Waals surface area contributed by atoms with Gasteiger partial charge in [-0.15, -0.1) is 10.2 Å². The van der Waals surface area contributed by atoms with Crippen molar-refractivity contribution in [2.75, 3.05) is 20.3 Å². The van der Waals surface area contributed by atoms with E-state index in [2.05, 4.69) is 20.3 Å². The molecule has 0 N–H and O–H groups in total. The van der Waals surface area contributed by atoms with Gasteiger partial charge in [0.2, 0.25) is 0 Å². The minimum atomic E-state index is -0.560. The van der Waals surface area contributed by atoms with Crippen LogP contribution in [0, 0.1) is 12.7 Å². The third-order valence-corrected chi connectivity index (χ3v) is 5.72. The average molecular weight is 478 g/mol. The van der Waals surface area contributed by atoms with Gasteiger partial charge in [0.15, 0.2) is 23.0 Å². The molecule has 5 rings (SSSR count). The van der Waals surface area contributed by atoms with Crippen molar-refractivity contribution < 1.29 is 18.4 Å². The predicted molar refractivity (Wildman–Crippen MR) is 125 cm³/mol. The topological polar surface area (TPSA) is 110 Å². The molecular formula is C24H23FN6O4. The van der Waals surface area contributed by atoms with Crippen molar-refractivity contribution in [3.8, 4) is 11.3 Å². The van der Waals surface area contributed by atoms with Crippen LogP contribution in [-0.2, 0) is 16.1 Å². The summed E-state index contributed by atoms with van der Waals surface area (Å²) in [6.07, 6.45) is 5.01. The summed E-state index contributed by atoms with van der Waals surface area (Å²) in [7, 11) is 1.60. The summed E-state index contributed by atoms with van der Waals surface area (Å²) in [5.74, 6) is 0.255. The van der Waals surface area contributed by atoms with E-state index in [9.17, 15) is 9.18 Å². The molecule has 1 atom stereocenters. The molecule has 5 aromatic rings. The van der Waals surface area contributed by atoms with Crippen molar-refractivity contribution in [1.82, 2.24) is 29.3 Å². The zero-order valence-electron chi connectivity index (χ0n) is 19.4. The van der Waals surface area contributed by atoms with Crippen LogP contribution in [0.2, 0.25) is 0 Å². The fraction of sp³-hybridized carbons (Fsp3) is 0.292. The Morgan fingerprint density at radius 3 is 2.83 bits per heavy atom. The van der Waals surface area contributed by atoms with Crippen molar-refractivity contribution in [3.63, 3.8) is 0 Å². The molecule has 0 spiro atoms. The van der Waals surface area contributed by atoms with E-state index in [0.29, 0.717) is 53.6 Å². The number of hydrogen-bond donors (Lipinski definition) is 0. The molecule has 10 nitrogen and oxygen atoms in total. The lowest BCUT2D eigenvalue weighted by atomic mass is 10.2. The number of halogens is 1. The molecule has 35 heavy (non-hydrogen) atoms. The van der Waals surface area contributed by atoms with Gasteiger partial charge in [0.25, 0.3) is 5.56 Å². The SMILES string of the molecule is COCCOCc1cnc2ccn(C(C)c3nnc4c(F)cc(-c5cc(C)no5)cn34)c(=O)c2c1. The Labute approximate surface area is 198 Å². The first kappa shape index (κ1) is 22.8. The van der Waals surface area contributed by atoms with Gasteiger partial charge in [-0.1, -0.05) is 5.16 Å². The number of rotatable bonds is 8. The molecule has 0 aliphatic rings. The maximum Gasteiger partial charge on any atom is 0.260 e. The summed E-state index contributed by atoms with van der Waals surface area (Å²) in [6, 6.07) is 6.02. The number of ether oxygens (including phenoxy) is 2. The van der Waals surface area contributed by atoms with Crippen molar-refractivity contribution >= 4 is 16.6 Å². The van der Waals surface area contributed by atoms with Gasteiger partial charge in [-0.25, -0.2) is 4.39 Å². The molecule has 1 unspecified atom stereocenters. The van der Waals surface area contributed by atoms with E-state index < -0.39 is 11.9 Å². The van der Waals surface area contributed by atoms with E-state index in [1.807, 2.05) is 0 Å². The fourth-order valence-electron chi connectivity index (χ4n) is 3.91. The minimum absolute atomic E-state index is 0.0536. The van der Waals surface area contributed by atoms with Crippen LogP contribution in [0.4, 0.5) is 4.39 Å². The average Bonchev–Trinajstić information content (AvgIpc) is 3.48. The minimum Gasteiger partial charge on any atom is -0.382 e. The summed E-state index contributed by atoms with van der Waals surface area (Å²) in [5.41, 5.74) is 2.31. The number of methoxy groups -OCH3 is 1. The Morgan fingerprint density at radius 1 is 1.20 bits per heavy atom. The Balaban J connectivity index is 1.53. The van der Waals surface area contributed by atoms with E-state index in [4.69, 9.17) is 14.0 Å². The molecule has 0 aromatic carbocycles. The first-order valence-corrected chi connectivity index (χ1v) is 11.0. The molecule has 0 radical (unpaired) electrons. The van der Waals surface area contributed by atoms with Crippen LogP contribution in [0.25, 0.3) is 27.9 Å². The molecule has 0 bridgehead atoms. The third-order valence-electron chi connectivity index (χ3n) is 5.72. The molecule has 0 amide bonds. The van der Waals surface area contributed by atoms with Crippen molar-refractivity contribution in [2.24, 2.45) is 0 Å². The number of aryl methyl sites for hydroxylation is 1. The Hall–Kier alpha value is -3.96.